The lowest BCUT2D eigenvalue weighted by molar-refractivity contribution is 1.28. The van der Waals surface area contributed by atoms with Crippen LogP contribution in [0.1, 0.15) is 38.9 Å². The molecule has 0 saturated carbocycles. The van der Waals surface area contributed by atoms with Crippen LogP contribution in [0.3, 0.4) is 0 Å². The summed E-state index contributed by atoms with van der Waals surface area (Å²) in [5.74, 6) is 13.0. The summed E-state index contributed by atoms with van der Waals surface area (Å²) in [6.07, 6.45) is 0. The lowest BCUT2D eigenvalue weighted by Gasteiger charge is -2.04. The predicted molar refractivity (Wildman–Crippen MR) is 117 cm³/mol. The molecule has 3 aromatic carbocycles. The fourth-order valence-electron chi connectivity index (χ4n) is 2.77. The number of aryl methyl sites for hydroxylation is 3. The standard InChI is InChI=1S/C26H22B/c1-19-17-21(3)25(18-20(19)2)14-11-23-8-5-22(6-9-23)7-10-24-12-15-26(27-4)16-13-24/h5-6,8-9,12-13,15-18H,1-4H3. The monoisotopic (exact) mass is 345 g/mol. The molecule has 3 rings (SSSR count). The van der Waals surface area contributed by atoms with Crippen molar-refractivity contribution in [3.8, 4) is 23.7 Å². The molecule has 0 spiro atoms. The summed E-state index contributed by atoms with van der Waals surface area (Å²) in [6, 6.07) is 20.7. The smallest absolute Gasteiger partial charge is 0.0880 e. The van der Waals surface area contributed by atoms with Crippen LogP contribution in [0, 0.1) is 44.5 Å². The summed E-state index contributed by atoms with van der Waals surface area (Å²) in [7, 11) is 2.08. The van der Waals surface area contributed by atoms with Crippen molar-refractivity contribution in [2.24, 2.45) is 0 Å². The van der Waals surface area contributed by atoms with Gasteiger partial charge in [0.1, 0.15) is 7.28 Å². The van der Waals surface area contributed by atoms with Gasteiger partial charge in [-0.3, -0.25) is 0 Å². The minimum atomic E-state index is 0.994. The number of hydrogen-bond acceptors (Lipinski definition) is 0. The lowest BCUT2D eigenvalue weighted by atomic mass is 9.73. The molecule has 0 nitrogen and oxygen atoms in total. The SMILES string of the molecule is C[B]c1ccc(C#Cc2ccc(C#Cc3cc(C)c(C)cc3C)cc2)cc1. The molecule has 0 aliphatic carbocycles. The molecule has 1 radical (unpaired) electrons. The van der Waals surface area contributed by atoms with E-state index in [1.165, 1.54) is 22.2 Å². The third-order valence-electron chi connectivity index (χ3n) is 4.66. The number of rotatable bonds is 1. The van der Waals surface area contributed by atoms with E-state index in [1.54, 1.807) is 0 Å². The Bertz CT molecular complexity index is 1060. The number of benzene rings is 3. The normalized spacial score (nSPS) is 9.63. The van der Waals surface area contributed by atoms with Gasteiger partial charge < -0.3 is 0 Å². The fourth-order valence-corrected chi connectivity index (χ4v) is 2.77. The maximum Gasteiger partial charge on any atom is 0.148 e. The summed E-state index contributed by atoms with van der Waals surface area (Å²) >= 11 is 0. The van der Waals surface area contributed by atoms with Crippen LogP contribution in [-0.2, 0) is 0 Å². The first kappa shape index (κ1) is 18.6. The molecule has 0 amide bonds. The van der Waals surface area contributed by atoms with Gasteiger partial charge in [-0.1, -0.05) is 54.2 Å². The van der Waals surface area contributed by atoms with Gasteiger partial charge in [0.05, 0.1) is 0 Å². The molecular weight excluding hydrogens is 323 g/mol. The summed E-state index contributed by atoms with van der Waals surface area (Å²) in [4.78, 5) is 0. The van der Waals surface area contributed by atoms with E-state index >= 15 is 0 Å². The van der Waals surface area contributed by atoms with Crippen LogP contribution in [0.5, 0.6) is 0 Å². The van der Waals surface area contributed by atoms with E-state index < -0.39 is 0 Å². The first-order valence-electron chi connectivity index (χ1n) is 9.16. The van der Waals surface area contributed by atoms with Gasteiger partial charge in [-0.15, -0.1) is 0 Å². The van der Waals surface area contributed by atoms with Crippen LogP contribution in [0.15, 0.2) is 60.7 Å². The minimum Gasteiger partial charge on any atom is -0.0880 e. The number of hydrogen-bond donors (Lipinski definition) is 0. The second-order valence-electron chi connectivity index (χ2n) is 6.74. The van der Waals surface area contributed by atoms with Crippen molar-refractivity contribution in [2.75, 3.05) is 0 Å². The van der Waals surface area contributed by atoms with Crippen molar-refractivity contribution >= 4 is 12.7 Å². The van der Waals surface area contributed by atoms with Crippen LogP contribution < -0.4 is 5.46 Å². The molecule has 0 saturated heterocycles. The summed E-state index contributed by atoms with van der Waals surface area (Å²) in [5.41, 5.74) is 9.13. The quantitative estimate of drug-likeness (QED) is 0.439. The molecule has 27 heavy (non-hydrogen) atoms. The molecular formula is C26H22B. The Morgan fingerprint density at radius 2 is 1.00 bits per heavy atom. The van der Waals surface area contributed by atoms with Crippen LogP contribution in [0.4, 0.5) is 0 Å². The van der Waals surface area contributed by atoms with E-state index in [4.69, 9.17) is 0 Å². The molecule has 0 unspecified atom stereocenters. The van der Waals surface area contributed by atoms with Crippen molar-refractivity contribution in [3.05, 3.63) is 99.6 Å². The van der Waals surface area contributed by atoms with Crippen LogP contribution in [0.25, 0.3) is 0 Å². The lowest BCUT2D eigenvalue weighted by Crippen LogP contribution is -2.08. The molecule has 0 fully saturated rings. The Labute approximate surface area is 163 Å². The molecule has 0 aliphatic rings. The van der Waals surface area contributed by atoms with Gasteiger partial charge in [-0.25, -0.2) is 0 Å². The Hall–Kier alpha value is -3.16. The Morgan fingerprint density at radius 3 is 1.52 bits per heavy atom. The highest BCUT2D eigenvalue weighted by molar-refractivity contribution is 6.51. The highest BCUT2D eigenvalue weighted by atomic mass is 14.0. The molecule has 0 heterocycles. The summed E-state index contributed by atoms with van der Waals surface area (Å²) < 4.78 is 0. The largest absolute Gasteiger partial charge is 0.148 e. The first-order valence-corrected chi connectivity index (χ1v) is 9.16. The molecule has 3 aromatic rings. The van der Waals surface area contributed by atoms with Crippen molar-refractivity contribution in [2.45, 2.75) is 27.6 Å². The highest BCUT2D eigenvalue weighted by Crippen LogP contribution is 2.14. The molecule has 0 N–H and O–H groups in total. The Balaban J connectivity index is 1.75. The predicted octanol–water partition coefficient (Wildman–Crippen LogP) is 4.79. The summed E-state index contributed by atoms with van der Waals surface area (Å²) in [6.45, 7) is 8.41. The third-order valence-corrected chi connectivity index (χ3v) is 4.66. The topological polar surface area (TPSA) is 0 Å². The average molecular weight is 345 g/mol. The van der Waals surface area contributed by atoms with Gasteiger partial charge in [0.25, 0.3) is 0 Å². The van der Waals surface area contributed by atoms with E-state index in [-0.39, 0.29) is 0 Å². The second-order valence-corrected chi connectivity index (χ2v) is 6.74. The highest BCUT2D eigenvalue weighted by Gasteiger charge is 1.99. The molecule has 0 aromatic heterocycles. The molecule has 0 bridgehead atoms. The van der Waals surface area contributed by atoms with E-state index in [0.717, 1.165) is 22.3 Å². The van der Waals surface area contributed by atoms with E-state index in [1.807, 2.05) is 43.2 Å². The Morgan fingerprint density at radius 1 is 0.556 bits per heavy atom. The first-order chi connectivity index (χ1) is 13.0. The van der Waals surface area contributed by atoms with Gasteiger partial charge >= 0.3 is 0 Å². The van der Waals surface area contributed by atoms with Gasteiger partial charge in [0, 0.05) is 22.3 Å². The van der Waals surface area contributed by atoms with Crippen LogP contribution in [-0.4, -0.2) is 7.28 Å². The second kappa shape index (κ2) is 8.48. The van der Waals surface area contributed by atoms with Crippen LogP contribution >= 0.6 is 0 Å². The molecule has 129 valence electrons. The van der Waals surface area contributed by atoms with E-state index in [9.17, 15) is 0 Å². The van der Waals surface area contributed by atoms with E-state index in [2.05, 4.69) is 76.0 Å². The van der Waals surface area contributed by atoms with Crippen molar-refractivity contribution in [1.82, 2.24) is 0 Å². The zero-order chi connectivity index (χ0) is 19.2. The van der Waals surface area contributed by atoms with E-state index in [0.29, 0.717) is 0 Å². The third kappa shape index (κ3) is 4.94. The van der Waals surface area contributed by atoms with Crippen molar-refractivity contribution in [3.63, 3.8) is 0 Å². The summed E-state index contributed by atoms with van der Waals surface area (Å²) in [5, 5.41) is 0. The fraction of sp³-hybridized carbons (Fsp3) is 0.154. The maximum atomic E-state index is 3.30. The van der Waals surface area contributed by atoms with Gasteiger partial charge in [-0.2, -0.15) is 0 Å². The molecule has 0 atom stereocenters. The molecule has 0 aliphatic heterocycles. The van der Waals surface area contributed by atoms with Crippen LogP contribution in [0.2, 0.25) is 6.82 Å². The zero-order valence-corrected chi connectivity index (χ0v) is 16.4. The van der Waals surface area contributed by atoms with Crippen molar-refractivity contribution in [1.29, 1.82) is 0 Å². The molecule has 1 heteroatoms. The van der Waals surface area contributed by atoms with Crippen molar-refractivity contribution < 1.29 is 0 Å². The van der Waals surface area contributed by atoms with Gasteiger partial charge in [0.15, 0.2) is 0 Å². The average Bonchev–Trinajstić information content (AvgIpc) is 2.69. The van der Waals surface area contributed by atoms with Gasteiger partial charge in [-0.05, 0) is 79.9 Å². The van der Waals surface area contributed by atoms with Gasteiger partial charge in [0.2, 0.25) is 0 Å². The minimum absolute atomic E-state index is 0.994. The maximum absolute atomic E-state index is 3.30. The zero-order valence-electron chi connectivity index (χ0n) is 16.4. The Kier molecular flexibility index (Phi) is 5.85.